The largest absolute Gasteiger partial charge is 0.308 e. The van der Waals surface area contributed by atoms with Crippen LogP contribution in [0.15, 0.2) is 47.8 Å². The number of fused-ring (bicyclic) bond motifs is 1. The molecule has 0 aliphatic rings. The Morgan fingerprint density at radius 2 is 2.12 bits per heavy atom. The van der Waals surface area contributed by atoms with E-state index >= 15 is 0 Å². The molecule has 0 saturated heterocycles. The molecule has 1 aromatic carbocycles. The summed E-state index contributed by atoms with van der Waals surface area (Å²) in [6, 6.07) is 13.9. The molecule has 0 bridgehead atoms. The molecule has 0 spiro atoms. The first-order valence-electron chi connectivity index (χ1n) is 7.50. The van der Waals surface area contributed by atoms with Crippen molar-refractivity contribution >= 4 is 44.8 Å². The van der Waals surface area contributed by atoms with Crippen LogP contribution < -0.4 is 0 Å². The average Bonchev–Trinajstić information content (AvgIpc) is 3.06. The zero-order valence-corrected chi connectivity index (χ0v) is 15.0. The maximum absolute atomic E-state index is 12.1. The highest BCUT2D eigenvalue weighted by Gasteiger charge is 2.21. The summed E-state index contributed by atoms with van der Waals surface area (Å²) in [5.41, 5.74) is 1.18. The summed E-state index contributed by atoms with van der Waals surface area (Å²) < 4.78 is 0. The van der Waals surface area contributed by atoms with Crippen LogP contribution in [-0.4, -0.2) is 27.2 Å². The summed E-state index contributed by atoms with van der Waals surface area (Å²) in [7, 11) is 0. The average molecular weight is 366 g/mol. The van der Waals surface area contributed by atoms with Gasteiger partial charge in [0.15, 0.2) is 5.78 Å². The number of Topliss-reactive ketones (excluding diaryl/α,β-unsaturated/α-hetero) is 1. The minimum absolute atomic E-state index is 0.0721. The number of nitrogens with zero attached hydrogens (tertiary/aromatic N) is 3. The van der Waals surface area contributed by atoms with Crippen molar-refractivity contribution in [1.82, 2.24) is 9.97 Å². The fourth-order valence-corrected chi connectivity index (χ4v) is 4.27. The molecule has 0 radical (unpaired) electrons. The Bertz CT molecular complexity index is 976. The third kappa shape index (κ3) is 3.76. The van der Waals surface area contributed by atoms with E-state index in [9.17, 15) is 4.79 Å². The van der Waals surface area contributed by atoms with Gasteiger partial charge in [-0.3, -0.25) is 4.79 Å². The number of carbonyl (C=O) groups is 1. The lowest BCUT2D eigenvalue weighted by Gasteiger charge is -2.06. The van der Waals surface area contributed by atoms with Gasteiger partial charge in [0.1, 0.15) is 22.1 Å². The van der Waals surface area contributed by atoms with Gasteiger partial charge in [0, 0.05) is 16.0 Å². The van der Waals surface area contributed by atoms with Gasteiger partial charge in [0.05, 0.1) is 11.8 Å². The van der Waals surface area contributed by atoms with Crippen LogP contribution in [0.3, 0.4) is 0 Å². The fourth-order valence-electron chi connectivity index (χ4n) is 2.33. The zero-order valence-electron chi connectivity index (χ0n) is 13.4. The van der Waals surface area contributed by atoms with Gasteiger partial charge in [-0.1, -0.05) is 42.1 Å². The number of carbonyl (C=O) groups excluding carboxylic acids is 1. The molecule has 3 aromatic rings. The Morgan fingerprint density at radius 1 is 1.36 bits per heavy atom. The Labute approximate surface area is 153 Å². The topological polar surface area (TPSA) is 90.5 Å². The van der Waals surface area contributed by atoms with E-state index in [2.05, 4.69) is 9.97 Å². The highest BCUT2D eigenvalue weighted by molar-refractivity contribution is 8.00. The van der Waals surface area contributed by atoms with Crippen LogP contribution in [-0.2, 0) is 4.79 Å². The van der Waals surface area contributed by atoms with Crippen LogP contribution in [0.5, 0.6) is 0 Å². The highest BCUT2D eigenvalue weighted by Crippen LogP contribution is 2.36. The number of hydrogen-bond acceptors (Lipinski definition) is 7. The third-order valence-corrected chi connectivity index (χ3v) is 5.71. The molecular formula is C18H14N4OS2. The lowest BCUT2D eigenvalue weighted by atomic mass is 10.0. The summed E-state index contributed by atoms with van der Waals surface area (Å²) in [5.74, 6) is -1.14. The standard InChI is InChI=1S/C18H14N4OS2/c1-11(20)14(8-19)15(23)9-24-17-13-7-16(12-5-3-2-4-6-12)25-18(13)22-10-21-17/h2-7,10,14,20H,9H2,1H3. The Hall–Kier alpha value is -2.56. The molecule has 0 aliphatic heterocycles. The highest BCUT2D eigenvalue weighted by atomic mass is 32.2. The van der Waals surface area contributed by atoms with E-state index in [1.54, 1.807) is 11.3 Å². The van der Waals surface area contributed by atoms with Crippen LogP contribution in [0.4, 0.5) is 0 Å². The number of hydrogen-bond donors (Lipinski definition) is 1. The number of thiophene rings is 1. The van der Waals surface area contributed by atoms with Gasteiger partial charge in [-0.05, 0) is 18.6 Å². The Morgan fingerprint density at radius 3 is 2.80 bits per heavy atom. The maximum atomic E-state index is 12.1. The molecule has 0 amide bonds. The Kier molecular flexibility index (Phi) is 5.22. The van der Waals surface area contributed by atoms with Crippen LogP contribution in [0.1, 0.15) is 6.92 Å². The summed E-state index contributed by atoms with van der Waals surface area (Å²) in [4.78, 5) is 22.7. The molecule has 25 heavy (non-hydrogen) atoms. The van der Waals surface area contributed by atoms with Gasteiger partial charge in [0.2, 0.25) is 0 Å². The normalized spacial score (nSPS) is 11.8. The maximum Gasteiger partial charge on any atom is 0.165 e. The first kappa shape index (κ1) is 17.3. The van der Waals surface area contributed by atoms with Crippen LogP contribution in [0.2, 0.25) is 0 Å². The monoisotopic (exact) mass is 366 g/mol. The number of ketones is 1. The molecule has 7 heteroatoms. The number of benzene rings is 1. The van der Waals surface area contributed by atoms with Crippen molar-refractivity contribution in [1.29, 1.82) is 10.7 Å². The van der Waals surface area contributed by atoms with Gasteiger partial charge < -0.3 is 5.41 Å². The second-order valence-electron chi connectivity index (χ2n) is 5.37. The molecular weight excluding hydrogens is 352 g/mol. The number of nitriles is 1. The van der Waals surface area contributed by atoms with Crippen molar-refractivity contribution < 1.29 is 4.79 Å². The van der Waals surface area contributed by atoms with Gasteiger partial charge in [-0.15, -0.1) is 11.3 Å². The van der Waals surface area contributed by atoms with Crippen molar-refractivity contribution in [3.63, 3.8) is 0 Å². The predicted octanol–water partition coefficient (Wildman–Crippen LogP) is 4.20. The van der Waals surface area contributed by atoms with E-state index in [0.29, 0.717) is 0 Å². The molecule has 2 heterocycles. The van der Waals surface area contributed by atoms with E-state index in [1.807, 2.05) is 42.5 Å². The predicted molar refractivity (Wildman–Crippen MR) is 101 cm³/mol. The molecule has 124 valence electrons. The first-order chi connectivity index (χ1) is 12.1. The van der Waals surface area contributed by atoms with Crippen LogP contribution in [0.25, 0.3) is 20.7 Å². The van der Waals surface area contributed by atoms with E-state index in [1.165, 1.54) is 25.0 Å². The molecule has 1 unspecified atom stereocenters. The van der Waals surface area contributed by atoms with E-state index in [4.69, 9.17) is 10.7 Å². The SMILES string of the molecule is CC(=N)C(C#N)C(=O)CSc1ncnc2sc(-c3ccccc3)cc12. The second-order valence-corrected chi connectivity index (χ2v) is 7.37. The number of thioether (sulfide) groups is 1. The second kappa shape index (κ2) is 7.55. The number of aromatic nitrogens is 2. The number of rotatable bonds is 6. The molecule has 5 nitrogen and oxygen atoms in total. The minimum atomic E-state index is -0.979. The van der Waals surface area contributed by atoms with E-state index < -0.39 is 5.92 Å². The summed E-state index contributed by atoms with van der Waals surface area (Å²) in [6.45, 7) is 1.48. The van der Waals surface area contributed by atoms with Gasteiger partial charge in [0.25, 0.3) is 0 Å². The lowest BCUT2D eigenvalue weighted by molar-refractivity contribution is -0.117. The number of nitrogens with one attached hydrogen (secondary N) is 1. The van der Waals surface area contributed by atoms with Crippen molar-refractivity contribution in [2.24, 2.45) is 5.92 Å². The molecule has 0 saturated carbocycles. The smallest absolute Gasteiger partial charge is 0.165 e. The zero-order chi connectivity index (χ0) is 17.8. The van der Waals surface area contributed by atoms with Crippen molar-refractivity contribution in [2.45, 2.75) is 11.9 Å². The van der Waals surface area contributed by atoms with E-state index in [-0.39, 0.29) is 17.2 Å². The quantitative estimate of drug-likeness (QED) is 0.401. The van der Waals surface area contributed by atoms with E-state index in [0.717, 1.165) is 25.7 Å². The van der Waals surface area contributed by atoms with Gasteiger partial charge in [-0.2, -0.15) is 5.26 Å². The fraction of sp³-hybridized carbons (Fsp3) is 0.167. The molecule has 3 rings (SSSR count). The van der Waals surface area contributed by atoms with Crippen molar-refractivity contribution in [3.05, 3.63) is 42.7 Å². The van der Waals surface area contributed by atoms with Gasteiger partial charge >= 0.3 is 0 Å². The molecule has 1 N–H and O–H groups in total. The molecule has 0 aliphatic carbocycles. The van der Waals surface area contributed by atoms with Crippen LogP contribution in [0, 0.1) is 22.7 Å². The molecule has 0 fully saturated rings. The van der Waals surface area contributed by atoms with Gasteiger partial charge in [-0.25, -0.2) is 9.97 Å². The Balaban J connectivity index is 1.85. The first-order valence-corrected chi connectivity index (χ1v) is 9.30. The van der Waals surface area contributed by atoms with Crippen LogP contribution >= 0.6 is 23.1 Å². The van der Waals surface area contributed by atoms with Crippen molar-refractivity contribution in [2.75, 3.05) is 5.75 Å². The lowest BCUT2D eigenvalue weighted by Crippen LogP contribution is -2.21. The summed E-state index contributed by atoms with van der Waals surface area (Å²) in [5, 5.41) is 18.2. The minimum Gasteiger partial charge on any atom is -0.308 e. The van der Waals surface area contributed by atoms with Crippen molar-refractivity contribution in [3.8, 4) is 16.5 Å². The molecule has 2 aromatic heterocycles. The summed E-state index contributed by atoms with van der Waals surface area (Å²) >= 11 is 2.86. The third-order valence-electron chi connectivity index (χ3n) is 3.59. The molecule has 1 atom stereocenters. The summed E-state index contributed by atoms with van der Waals surface area (Å²) in [6.07, 6.45) is 1.49.